The van der Waals surface area contributed by atoms with Crippen LogP contribution >= 0.6 is 10.0 Å². The Kier molecular flexibility index (Phi) is 4.44. The molecule has 11 heavy (non-hydrogen) atoms. The SMILES string of the molecule is C[Si](C)(C)[CH]([Ge][Cl])[Si](C)(C)C. The van der Waals surface area contributed by atoms with Crippen molar-refractivity contribution in [3.8, 4) is 0 Å². The third-order valence-electron chi connectivity index (χ3n) is 1.84. The Morgan fingerprint density at radius 3 is 1.18 bits per heavy atom. The van der Waals surface area contributed by atoms with Gasteiger partial charge in [0.1, 0.15) is 0 Å². The molecule has 0 fully saturated rings. The molecule has 0 amide bonds. The Labute approximate surface area is 83.8 Å². The molecule has 0 nitrogen and oxygen atoms in total. The molecule has 0 atom stereocenters. The van der Waals surface area contributed by atoms with Crippen LogP contribution in [0.2, 0.25) is 43.3 Å². The second kappa shape index (κ2) is 3.98. The summed E-state index contributed by atoms with van der Waals surface area (Å²) >= 11 is -0.168. The average molecular weight is 267 g/mol. The summed E-state index contributed by atoms with van der Waals surface area (Å²) < 4.78 is 0.983. The molecule has 0 bridgehead atoms. The molecule has 0 aromatic carbocycles. The van der Waals surface area contributed by atoms with Gasteiger partial charge in [0.2, 0.25) is 0 Å². The van der Waals surface area contributed by atoms with Gasteiger partial charge in [-0.15, -0.1) is 0 Å². The van der Waals surface area contributed by atoms with Gasteiger partial charge in [-0.05, 0) is 0 Å². The number of hydrogen-bond acceptors (Lipinski definition) is 0. The van der Waals surface area contributed by atoms with Crippen LogP contribution in [0, 0.1) is 0 Å². The van der Waals surface area contributed by atoms with Gasteiger partial charge in [-0.3, -0.25) is 0 Å². The summed E-state index contributed by atoms with van der Waals surface area (Å²) in [6.45, 7) is 14.8. The first kappa shape index (κ1) is 12.3. The summed E-state index contributed by atoms with van der Waals surface area (Å²) in [5.41, 5.74) is 0. The monoisotopic (exact) mass is 268 g/mol. The second-order valence-electron chi connectivity index (χ2n) is 5.27. The molecule has 2 radical (unpaired) electrons. The van der Waals surface area contributed by atoms with E-state index in [0.29, 0.717) is 0 Å². The van der Waals surface area contributed by atoms with E-state index in [4.69, 9.17) is 10.0 Å². The minimum atomic E-state index is -0.937. The Bertz CT molecular complexity index is 111. The van der Waals surface area contributed by atoms with Gasteiger partial charge < -0.3 is 0 Å². The third kappa shape index (κ3) is 4.15. The van der Waals surface area contributed by atoms with Crippen molar-refractivity contribution < 1.29 is 0 Å². The van der Waals surface area contributed by atoms with E-state index < -0.39 is 16.1 Å². The Morgan fingerprint density at radius 2 is 1.18 bits per heavy atom. The first-order valence-electron chi connectivity index (χ1n) is 4.06. The van der Waals surface area contributed by atoms with Crippen molar-refractivity contribution >= 4 is 40.7 Å². The van der Waals surface area contributed by atoms with Crippen LogP contribution < -0.4 is 0 Å². The van der Waals surface area contributed by atoms with Crippen molar-refractivity contribution in [2.75, 3.05) is 0 Å². The van der Waals surface area contributed by atoms with Gasteiger partial charge in [0.15, 0.2) is 0 Å². The molecule has 0 heterocycles. The fourth-order valence-electron chi connectivity index (χ4n) is 1.63. The van der Waals surface area contributed by atoms with Crippen molar-refractivity contribution in [1.82, 2.24) is 0 Å². The molecule has 0 unspecified atom stereocenters. The van der Waals surface area contributed by atoms with Gasteiger partial charge in [0.25, 0.3) is 0 Å². The molecule has 0 saturated carbocycles. The summed E-state index contributed by atoms with van der Waals surface area (Å²) in [5.74, 6) is 0. The Balaban J connectivity index is 4.43. The quantitative estimate of drug-likeness (QED) is 0.688. The van der Waals surface area contributed by atoms with Crippen LogP contribution in [0.5, 0.6) is 0 Å². The van der Waals surface area contributed by atoms with Gasteiger partial charge in [-0.2, -0.15) is 0 Å². The molecular formula is C7H19ClGeSi2. The molecule has 0 saturated heterocycles. The van der Waals surface area contributed by atoms with Gasteiger partial charge >= 0.3 is 83.9 Å². The zero-order valence-electron chi connectivity index (χ0n) is 8.46. The van der Waals surface area contributed by atoms with Gasteiger partial charge in [-0.1, -0.05) is 0 Å². The van der Waals surface area contributed by atoms with Crippen LogP contribution in [0.4, 0.5) is 0 Å². The molecule has 0 N–H and O–H groups in total. The van der Waals surface area contributed by atoms with Crippen molar-refractivity contribution in [2.24, 2.45) is 0 Å². The number of rotatable bonds is 3. The molecule has 0 spiro atoms. The van der Waals surface area contributed by atoms with Crippen LogP contribution in [-0.2, 0) is 0 Å². The average Bonchev–Trinajstić information content (AvgIpc) is 1.56. The van der Waals surface area contributed by atoms with Crippen LogP contribution in [0.1, 0.15) is 0 Å². The second-order valence-corrected chi connectivity index (χ2v) is 21.7. The molecule has 4 heteroatoms. The fourth-order valence-corrected chi connectivity index (χ4v) is 27.0. The molecule has 0 rings (SSSR count). The first-order chi connectivity index (χ1) is 4.69. The van der Waals surface area contributed by atoms with Crippen molar-refractivity contribution in [3.05, 3.63) is 0 Å². The molecule has 0 aliphatic rings. The maximum atomic E-state index is 6.13. The van der Waals surface area contributed by atoms with E-state index in [1.165, 1.54) is 0 Å². The van der Waals surface area contributed by atoms with E-state index in [1.807, 2.05) is 0 Å². The van der Waals surface area contributed by atoms with Crippen molar-refractivity contribution in [1.29, 1.82) is 0 Å². The molecule has 0 aromatic heterocycles. The van der Waals surface area contributed by atoms with E-state index in [9.17, 15) is 0 Å². The summed E-state index contributed by atoms with van der Waals surface area (Å²) in [6, 6.07) is 0. The van der Waals surface area contributed by atoms with Gasteiger partial charge in [0.05, 0.1) is 0 Å². The van der Waals surface area contributed by atoms with Crippen LogP contribution in [-0.4, -0.2) is 30.6 Å². The third-order valence-corrected chi connectivity index (χ3v) is 26.4. The van der Waals surface area contributed by atoms with Gasteiger partial charge in [-0.25, -0.2) is 0 Å². The minimum absolute atomic E-state index is 0.168. The van der Waals surface area contributed by atoms with Crippen LogP contribution in [0.15, 0.2) is 0 Å². The first-order valence-corrected chi connectivity index (χ1v) is 15.2. The predicted octanol–water partition coefficient (Wildman–Crippen LogP) is 3.39. The molecule has 0 aliphatic heterocycles. The van der Waals surface area contributed by atoms with E-state index in [1.54, 1.807) is 0 Å². The Morgan fingerprint density at radius 1 is 0.909 bits per heavy atom. The van der Waals surface area contributed by atoms with Crippen LogP contribution in [0.3, 0.4) is 0 Å². The van der Waals surface area contributed by atoms with E-state index in [2.05, 4.69) is 39.3 Å². The summed E-state index contributed by atoms with van der Waals surface area (Å²) in [5, 5.41) is 0. The van der Waals surface area contributed by atoms with Crippen molar-refractivity contribution in [3.63, 3.8) is 0 Å². The van der Waals surface area contributed by atoms with Crippen molar-refractivity contribution in [2.45, 2.75) is 43.3 Å². The predicted molar refractivity (Wildman–Crippen MR) is 62.0 cm³/mol. The summed E-state index contributed by atoms with van der Waals surface area (Å²) in [7, 11) is 4.26. The van der Waals surface area contributed by atoms with E-state index >= 15 is 0 Å². The van der Waals surface area contributed by atoms with Gasteiger partial charge in [0, 0.05) is 0 Å². The van der Waals surface area contributed by atoms with Crippen LogP contribution in [0.25, 0.3) is 0 Å². The zero-order chi connectivity index (χ0) is 9.28. The normalized spacial score (nSPS) is 14.2. The van der Waals surface area contributed by atoms with E-state index in [-0.39, 0.29) is 14.5 Å². The van der Waals surface area contributed by atoms with E-state index in [0.717, 1.165) is 4.00 Å². The number of hydrogen-bond donors (Lipinski definition) is 0. The standard InChI is InChI=1S/C7H19ClGeSi2/c1-10(2,3)7(9-8)11(4,5)6/h7H,1-6H3. The fraction of sp³-hybridized carbons (Fsp3) is 1.00. The molecule has 66 valence electrons. The molecule has 0 aliphatic carbocycles. The molecule has 0 aromatic rings. The molecular weight excluding hydrogens is 248 g/mol. The summed E-state index contributed by atoms with van der Waals surface area (Å²) in [4.78, 5) is 0. The maximum absolute atomic E-state index is 6.13. The topological polar surface area (TPSA) is 0 Å². The number of halogens is 1. The zero-order valence-corrected chi connectivity index (χ0v) is 13.3. The Hall–Kier alpha value is 1.27. The summed E-state index contributed by atoms with van der Waals surface area (Å²) in [6.07, 6.45) is 0.